The number of carbonyl (C=O) groups excluding carboxylic acids is 2. The van der Waals surface area contributed by atoms with E-state index in [9.17, 15) is 9.59 Å². The summed E-state index contributed by atoms with van der Waals surface area (Å²) in [5.41, 5.74) is 1.50. The fourth-order valence-electron chi connectivity index (χ4n) is 3.01. The van der Waals surface area contributed by atoms with Crippen LogP contribution < -0.4 is 15.4 Å². The van der Waals surface area contributed by atoms with Crippen LogP contribution in [0.1, 0.15) is 43.0 Å². The monoisotopic (exact) mass is 416 g/mol. The zero-order valence-electron chi connectivity index (χ0n) is 16.4. The Morgan fingerprint density at radius 2 is 1.97 bits per heavy atom. The number of carbonyl (C=O) groups is 2. The lowest BCUT2D eigenvalue weighted by molar-refractivity contribution is -0.116. The van der Waals surface area contributed by atoms with Crippen molar-refractivity contribution in [1.29, 1.82) is 0 Å². The van der Waals surface area contributed by atoms with E-state index in [1.165, 1.54) is 0 Å². The van der Waals surface area contributed by atoms with E-state index < -0.39 is 0 Å². The maximum absolute atomic E-state index is 12.6. The van der Waals surface area contributed by atoms with E-state index in [0.717, 1.165) is 25.9 Å². The predicted octanol–water partition coefficient (Wildman–Crippen LogP) is 4.89. The topological polar surface area (TPSA) is 76.7 Å². The van der Waals surface area contributed by atoms with Crippen LogP contribution in [0, 0.1) is 0 Å². The fraction of sp³-hybridized carbons (Fsp3) is 0.364. The molecule has 29 heavy (non-hydrogen) atoms. The molecule has 1 unspecified atom stereocenters. The molecule has 2 aromatic carbocycles. The predicted molar refractivity (Wildman–Crippen MR) is 114 cm³/mol. The molecule has 1 aliphatic heterocycles. The zero-order valence-corrected chi connectivity index (χ0v) is 17.1. The highest BCUT2D eigenvalue weighted by molar-refractivity contribution is 6.34. The molecule has 1 atom stereocenters. The van der Waals surface area contributed by atoms with E-state index in [4.69, 9.17) is 21.1 Å². The summed E-state index contributed by atoms with van der Waals surface area (Å²) in [5, 5.41) is 5.97. The first-order chi connectivity index (χ1) is 14.0. The summed E-state index contributed by atoms with van der Waals surface area (Å²) in [5.74, 6) is 0.316. The Morgan fingerprint density at radius 1 is 1.17 bits per heavy atom. The Morgan fingerprint density at radius 3 is 2.66 bits per heavy atom. The summed E-state index contributed by atoms with van der Waals surface area (Å²) in [6.45, 7) is 3.24. The first-order valence-corrected chi connectivity index (χ1v) is 10.2. The lowest BCUT2D eigenvalue weighted by Gasteiger charge is -2.12. The molecule has 0 saturated carbocycles. The van der Waals surface area contributed by atoms with Gasteiger partial charge in [0.05, 0.1) is 16.8 Å². The van der Waals surface area contributed by atoms with E-state index >= 15 is 0 Å². The number of ether oxygens (including phenoxy) is 2. The number of anilines is 2. The zero-order chi connectivity index (χ0) is 20.6. The molecule has 1 heterocycles. The standard InChI is InChI=1S/C22H25ClN2O4/c1-2-4-21(26)24-16-8-11-19(23)20(13-16)25-22(27)15-6-9-17(10-7-15)29-14-18-5-3-12-28-18/h6-11,13,18H,2-5,12,14H2,1H3,(H,24,26)(H,25,27). The Kier molecular flexibility index (Phi) is 7.49. The molecule has 0 radical (unpaired) electrons. The van der Waals surface area contributed by atoms with Crippen LogP contribution in [0.15, 0.2) is 42.5 Å². The first kappa shape index (κ1) is 21.1. The second kappa shape index (κ2) is 10.3. The van der Waals surface area contributed by atoms with Crippen LogP contribution in [0.3, 0.4) is 0 Å². The fourth-order valence-corrected chi connectivity index (χ4v) is 3.18. The average molecular weight is 417 g/mol. The van der Waals surface area contributed by atoms with Crippen molar-refractivity contribution in [2.45, 2.75) is 38.7 Å². The van der Waals surface area contributed by atoms with Gasteiger partial charge in [0.1, 0.15) is 12.4 Å². The van der Waals surface area contributed by atoms with Crippen LogP contribution in [0.25, 0.3) is 0 Å². The summed E-state index contributed by atoms with van der Waals surface area (Å²) < 4.78 is 11.3. The van der Waals surface area contributed by atoms with E-state index in [1.54, 1.807) is 42.5 Å². The van der Waals surface area contributed by atoms with Crippen LogP contribution in [0.5, 0.6) is 5.75 Å². The van der Waals surface area contributed by atoms with Gasteiger partial charge in [-0.2, -0.15) is 0 Å². The number of nitrogens with one attached hydrogen (secondary N) is 2. The molecule has 2 N–H and O–H groups in total. The smallest absolute Gasteiger partial charge is 0.255 e. The van der Waals surface area contributed by atoms with Gasteiger partial charge in [0.2, 0.25) is 5.91 Å². The van der Waals surface area contributed by atoms with Crippen LogP contribution in [-0.2, 0) is 9.53 Å². The molecular formula is C22H25ClN2O4. The molecular weight excluding hydrogens is 392 g/mol. The van der Waals surface area contributed by atoms with Gasteiger partial charge in [-0.3, -0.25) is 9.59 Å². The number of halogens is 1. The third-order valence-electron chi connectivity index (χ3n) is 4.55. The molecule has 1 saturated heterocycles. The van der Waals surface area contributed by atoms with Crippen LogP contribution in [-0.4, -0.2) is 31.1 Å². The van der Waals surface area contributed by atoms with Crippen molar-refractivity contribution in [2.24, 2.45) is 0 Å². The van der Waals surface area contributed by atoms with Crippen LogP contribution in [0.4, 0.5) is 11.4 Å². The van der Waals surface area contributed by atoms with E-state index in [0.29, 0.717) is 40.7 Å². The highest BCUT2D eigenvalue weighted by Crippen LogP contribution is 2.26. The van der Waals surface area contributed by atoms with E-state index in [2.05, 4.69) is 10.6 Å². The number of rotatable bonds is 8. The van der Waals surface area contributed by atoms with Crippen molar-refractivity contribution < 1.29 is 19.1 Å². The quantitative estimate of drug-likeness (QED) is 0.642. The molecule has 7 heteroatoms. The van der Waals surface area contributed by atoms with Crippen molar-refractivity contribution in [3.63, 3.8) is 0 Å². The number of hydrogen-bond acceptors (Lipinski definition) is 4. The van der Waals surface area contributed by atoms with Crippen LogP contribution in [0.2, 0.25) is 5.02 Å². The second-order valence-corrected chi connectivity index (χ2v) is 7.32. The minimum absolute atomic E-state index is 0.0781. The average Bonchev–Trinajstić information content (AvgIpc) is 3.23. The van der Waals surface area contributed by atoms with E-state index in [1.807, 2.05) is 6.92 Å². The molecule has 1 fully saturated rings. The highest BCUT2D eigenvalue weighted by atomic mass is 35.5. The van der Waals surface area contributed by atoms with E-state index in [-0.39, 0.29) is 17.9 Å². The molecule has 2 aromatic rings. The third kappa shape index (κ3) is 6.21. The normalized spacial score (nSPS) is 15.7. The lowest BCUT2D eigenvalue weighted by Crippen LogP contribution is -2.16. The second-order valence-electron chi connectivity index (χ2n) is 6.92. The molecule has 0 spiro atoms. The van der Waals surface area contributed by atoms with Crippen molar-refractivity contribution in [1.82, 2.24) is 0 Å². The van der Waals surface area contributed by atoms with Gasteiger partial charge in [0.15, 0.2) is 0 Å². The highest BCUT2D eigenvalue weighted by Gasteiger charge is 2.16. The Hall–Kier alpha value is -2.57. The molecule has 154 valence electrons. The summed E-state index contributed by atoms with van der Waals surface area (Å²) in [7, 11) is 0. The molecule has 0 bridgehead atoms. The molecule has 1 aliphatic rings. The number of benzene rings is 2. The van der Waals surface area contributed by atoms with Gasteiger partial charge >= 0.3 is 0 Å². The SMILES string of the molecule is CCCC(=O)Nc1ccc(Cl)c(NC(=O)c2ccc(OCC3CCCO3)cc2)c1. The van der Waals surface area contributed by atoms with Crippen molar-refractivity contribution in [3.05, 3.63) is 53.1 Å². The van der Waals surface area contributed by atoms with Crippen molar-refractivity contribution >= 4 is 34.8 Å². The molecule has 0 aromatic heterocycles. The maximum atomic E-state index is 12.6. The van der Waals surface area contributed by atoms with Gasteiger partial charge < -0.3 is 20.1 Å². The third-order valence-corrected chi connectivity index (χ3v) is 4.88. The Bertz CT molecular complexity index is 848. The van der Waals surface area contributed by atoms with Crippen LogP contribution >= 0.6 is 11.6 Å². The van der Waals surface area contributed by atoms with Gasteiger partial charge in [0.25, 0.3) is 5.91 Å². The number of hydrogen-bond donors (Lipinski definition) is 2. The molecule has 0 aliphatic carbocycles. The minimum atomic E-state index is -0.297. The summed E-state index contributed by atoms with van der Waals surface area (Å²) in [6.07, 6.45) is 3.42. The number of amides is 2. The molecule has 3 rings (SSSR count). The molecule has 2 amide bonds. The molecule has 6 nitrogen and oxygen atoms in total. The summed E-state index contributed by atoms with van der Waals surface area (Å²) >= 11 is 6.19. The van der Waals surface area contributed by atoms with Crippen molar-refractivity contribution in [2.75, 3.05) is 23.8 Å². The maximum Gasteiger partial charge on any atom is 0.255 e. The summed E-state index contributed by atoms with van der Waals surface area (Å²) in [6, 6.07) is 11.9. The van der Waals surface area contributed by atoms with Gasteiger partial charge in [-0.05, 0) is 61.7 Å². The van der Waals surface area contributed by atoms with Gasteiger partial charge in [0, 0.05) is 24.3 Å². The minimum Gasteiger partial charge on any atom is -0.491 e. The first-order valence-electron chi connectivity index (χ1n) is 9.80. The van der Waals surface area contributed by atoms with Gasteiger partial charge in [-0.1, -0.05) is 18.5 Å². The van der Waals surface area contributed by atoms with Crippen molar-refractivity contribution in [3.8, 4) is 5.75 Å². The van der Waals surface area contributed by atoms with Gasteiger partial charge in [-0.15, -0.1) is 0 Å². The van der Waals surface area contributed by atoms with Gasteiger partial charge in [-0.25, -0.2) is 0 Å². The Labute approximate surface area is 175 Å². The Balaban J connectivity index is 1.59. The summed E-state index contributed by atoms with van der Waals surface area (Å²) in [4.78, 5) is 24.3. The lowest BCUT2D eigenvalue weighted by atomic mass is 10.2. The largest absolute Gasteiger partial charge is 0.491 e.